The van der Waals surface area contributed by atoms with E-state index in [0.29, 0.717) is 30.2 Å². The fourth-order valence-corrected chi connectivity index (χ4v) is 2.93. The standard InChI is InChI=1S/C19H22ClN5O2/c1-13-19(20)14(2)25(23-13)8-7-18(26)22-16-10-21-24(12-16)11-15-5-4-6-17(9-15)27-3/h4-6,9-10,12H,7-8,11H2,1-3H3,(H,22,26). The number of nitrogens with one attached hydrogen (secondary N) is 1. The van der Waals surface area contributed by atoms with Crippen molar-refractivity contribution in [3.8, 4) is 5.75 Å². The first kappa shape index (κ1) is 19.0. The minimum atomic E-state index is -0.0976. The van der Waals surface area contributed by atoms with Gasteiger partial charge in [-0.15, -0.1) is 0 Å². The quantitative estimate of drug-likeness (QED) is 0.674. The summed E-state index contributed by atoms with van der Waals surface area (Å²) in [6.07, 6.45) is 3.75. The highest BCUT2D eigenvalue weighted by molar-refractivity contribution is 6.31. The van der Waals surface area contributed by atoms with Gasteiger partial charge in [0.15, 0.2) is 0 Å². The minimum Gasteiger partial charge on any atom is -0.497 e. The third-order valence-electron chi connectivity index (χ3n) is 4.24. The number of methoxy groups -OCH3 is 1. The SMILES string of the molecule is COc1cccc(Cn2cc(NC(=O)CCn3nc(C)c(Cl)c3C)cn2)c1. The van der Waals surface area contributed by atoms with E-state index in [1.54, 1.807) is 28.9 Å². The maximum atomic E-state index is 12.2. The van der Waals surface area contributed by atoms with Crippen LogP contribution in [0.4, 0.5) is 5.69 Å². The number of ether oxygens (including phenoxy) is 1. The Balaban J connectivity index is 1.55. The fraction of sp³-hybridized carbons (Fsp3) is 0.316. The molecule has 0 fully saturated rings. The molecule has 0 aliphatic rings. The van der Waals surface area contributed by atoms with E-state index in [9.17, 15) is 4.79 Å². The zero-order chi connectivity index (χ0) is 19.4. The summed E-state index contributed by atoms with van der Waals surface area (Å²) in [4.78, 5) is 12.2. The number of carbonyl (C=O) groups excluding carboxylic acids is 1. The van der Waals surface area contributed by atoms with Gasteiger partial charge in [-0.05, 0) is 31.5 Å². The second-order valence-electron chi connectivity index (χ2n) is 6.28. The number of carbonyl (C=O) groups is 1. The number of aromatic nitrogens is 4. The van der Waals surface area contributed by atoms with E-state index in [4.69, 9.17) is 16.3 Å². The number of aryl methyl sites for hydroxylation is 2. The van der Waals surface area contributed by atoms with Crippen LogP contribution in [-0.4, -0.2) is 32.6 Å². The van der Waals surface area contributed by atoms with Crippen LogP contribution in [0, 0.1) is 13.8 Å². The number of hydrogen-bond donors (Lipinski definition) is 1. The van der Waals surface area contributed by atoms with Crippen molar-refractivity contribution in [1.29, 1.82) is 0 Å². The monoisotopic (exact) mass is 387 g/mol. The molecule has 0 spiro atoms. The topological polar surface area (TPSA) is 74.0 Å². The van der Waals surface area contributed by atoms with Crippen molar-refractivity contribution < 1.29 is 9.53 Å². The summed E-state index contributed by atoms with van der Waals surface area (Å²) in [7, 11) is 1.64. The van der Waals surface area contributed by atoms with E-state index in [1.165, 1.54) is 0 Å². The summed E-state index contributed by atoms with van der Waals surface area (Å²) in [5.41, 5.74) is 3.37. The first-order valence-corrected chi connectivity index (χ1v) is 8.99. The van der Waals surface area contributed by atoms with E-state index in [1.807, 2.05) is 38.1 Å². The summed E-state index contributed by atoms with van der Waals surface area (Å²) in [5.74, 6) is 0.706. The molecule has 1 N–H and O–H groups in total. The Morgan fingerprint density at radius 3 is 2.85 bits per heavy atom. The molecule has 0 unspecified atom stereocenters. The highest BCUT2D eigenvalue weighted by Gasteiger charge is 2.11. The average molecular weight is 388 g/mol. The van der Waals surface area contributed by atoms with Crippen LogP contribution in [0.3, 0.4) is 0 Å². The summed E-state index contributed by atoms with van der Waals surface area (Å²) in [5, 5.41) is 12.1. The van der Waals surface area contributed by atoms with Crippen molar-refractivity contribution in [1.82, 2.24) is 19.6 Å². The molecule has 0 aliphatic carbocycles. The summed E-state index contributed by atoms with van der Waals surface area (Å²) >= 11 is 6.13. The molecule has 27 heavy (non-hydrogen) atoms. The van der Waals surface area contributed by atoms with Crippen LogP contribution in [0.2, 0.25) is 5.02 Å². The molecule has 0 saturated carbocycles. The van der Waals surface area contributed by atoms with Crippen molar-refractivity contribution in [2.24, 2.45) is 0 Å². The van der Waals surface area contributed by atoms with Crippen molar-refractivity contribution in [2.45, 2.75) is 33.4 Å². The number of halogens is 1. The van der Waals surface area contributed by atoms with E-state index in [2.05, 4.69) is 15.5 Å². The van der Waals surface area contributed by atoms with Crippen LogP contribution in [0.5, 0.6) is 5.75 Å². The molecular weight excluding hydrogens is 366 g/mol. The third kappa shape index (κ3) is 4.68. The van der Waals surface area contributed by atoms with Gasteiger partial charge < -0.3 is 10.1 Å². The Hall–Kier alpha value is -2.80. The van der Waals surface area contributed by atoms with Crippen LogP contribution in [-0.2, 0) is 17.9 Å². The van der Waals surface area contributed by atoms with E-state index < -0.39 is 0 Å². The normalized spacial score (nSPS) is 10.8. The number of benzene rings is 1. The first-order valence-electron chi connectivity index (χ1n) is 8.61. The number of anilines is 1. The van der Waals surface area contributed by atoms with Gasteiger partial charge in [-0.25, -0.2) is 0 Å². The molecule has 1 aromatic carbocycles. The molecule has 0 bridgehead atoms. The molecule has 1 amide bonds. The lowest BCUT2D eigenvalue weighted by atomic mass is 10.2. The van der Waals surface area contributed by atoms with E-state index >= 15 is 0 Å². The van der Waals surface area contributed by atoms with Gasteiger partial charge in [0.25, 0.3) is 0 Å². The van der Waals surface area contributed by atoms with Gasteiger partial charge in [0.1, 0.15) is 5.75 Å². The molecule has 0 radical (unpaired) electrons. The van der Waals surface area contributed by atoms with Gasteiger partial charge in [-0.2, -0.15) is 10.2 Å². The molecule has 2 aromatic heterocycles. The predicted octanol–water partition coefficient (Wildman–Crippen LogP) is 3.44. The van der Waals surface area contributed by atoms with Crippen molar-refractivity contribution in [3.63, 3.8) is 0 Å². The molecule has 0 saturated heterocycles. The largest absolute Gasteiger partial charge is 0.497 e. The molecule has 142 valence electrons. The Bertz CT molecular complexity index is 947. The maximum Gasteiger partial charge on any atom is 0.226 e. The van der Waals surface area contributed by atoms with Crippen LogP contribution < -0.4 is 10.1 Å². The maximum absolute atomic E-state index is 12.2. The lowest BCUT2D eigenvalue weighted by molar-refractivity contribution is -0.116. The number of amides is 1. The van der Waals surface area contributed by atoms with E-state index in [0.717, 1.165) is 22.7 Å². The Morgan fingerprint density at radius 2 is 2.15 bits per heavy atom. The minimum absolute atomic E-state index is 0.0976. The first-order chi connectivity index (χ1) is 13.0. The lowest BCUT2D eigenvalue weighted by Gasteiger charge is -2.05. The Morgan fingerprint density at radius 1 is 1.33 bits per heavy atom. The molecule has 0 aliphatic heterocycles. The molecule has 8 heteroatoms. The zero-order valence-corrected chi connectivity index (χ0v) is 16.3. The smallest absolute Gasteiger partial charge is 0.226 e. The van der Waals surface area contributed by atoms with Crippen LogP contribution in [0.1, 0.15) is 23.4 Å². The van der Waals surface area contributed by atoms with E-state index in [-0.39, 0.29) is 5.91 Å². The summed E-state index contributed by atoms with van der Waals surface area (Å²) in [6, 6.07) is 7.79. The molecule has 7 nitrogen and oxygen atoms in total. The summed E-state index contributed by atoms with van der Waals surface area (Å²) < 4.78 is 8.75. The number of hydrogen-bond acceptors (Lipinski definition) is 4. The van der Waals surface area contributed by atoms with Gasteiger partial charge in [-0.3, -0.25) is 14.2 Å². The van der Waals surface area contributed by atoms with Gasteiger partial charge in [-0.1, -0.05) is 23.7 Å². The number of nitrogens with zero attached hydrogens (tertiary/aromatic N) is 4. The van der Waals surface area contributed by atoms with Crippen LogP contribution in [0.15, 0.2) is 36.7 Å². The third-order valence-corrected chi connectivity index (χ3v) is 4.79. The van der Waals surface area contributed by atoms with Gasteiger partial charge >= 0.3 is 0 Å². The van der Waals surface area contributed by atoms with Crippen molar-refractivity contribution in [3.05, 3.63) is 58.6 Å². The summed E-state index contributed by atoms with van der Waals surface area (Å²) in [6.45, 7) is 4.81. The van der Waals surface area contributed by atoms with Gasteiger partial charge in [0.05, 0.1) is 48.5 Å². The highest BCUT2D eigenvalue weighted by Crippen LogP contribution is 2.19. The van der Waals surface area contributed by atoms with Gasteiger partial charge in [0, 0.05) is 12.6 Å². The average Bonchev–Trinajstić information content (AvgIpc) is 3.19. The highest BCUT2D eigenvalue weighted by atomic mass is 35.5. The van der Waals surface area contributed by atoms with Crippen LogP contribution >= 0.6 is 11.6 Å². The second kappa shape index (κ2) is 8.26. The fourth-order valence-electron chi connectivity index (χ4n) is 2.80. The van der Waals surface area contributed by atoms with Crippen molar-refractivity contribution in [2.75, 3.05) is 12.4 Å². The van der Waals surface area contributed by atoms with Crippen molar-refractivity contribution >= 4 is 23.2 Å². The Labute approximate surface area is 162 Å². The van der Waals surface area contributed by atoms with Crippen LogP contribution in [0.25, 0.3) is 0 Å². The zero-order valence-electron chi connectivity index (χ0n) is 15.6. The Kier molecular flexibility index (Phi) is 5.81. The molecule has 2 heterocycles. The molecule has 0 atom stereocenters. The number of rotatable bonds is 7. The van der Waals surface area contributed by atoms with Gasteiger partial charge in [0.2, 0.25) is 5.91 Å². The lowest BCUT2D eigenvalue weighted by Crippen LogP contribution is -2.15. The molecule has 3 rings (SSSR count). The molecular formula is C19H22ClN5O2. The second-order valence-corrected chi connectivity index (χ2v) is 6.66. The predicted molar refractivity (Wildman–Crippen MR) is 104 cm³/mol. The molecule has 3 aromatic rings.